The molecule has 0 aliphatic carbocycles. The fourth-order valence-corrected chi connectivity index (χ4v) is 1.85. The van der Waals surface area contributed by atoms with Crippen LogP contribution in [0.5, 0.6) is 0 Å². The Labute approximate surface area is 74.6 Å². The van der Waals surface area contributed by atoms with E-state index in [-0.39, 0.29) is 5.12 Å². The summed E-state index contributed by atoms with van der Waals surface area (Å²) >= 11 is 1.22. The SMILES string of the molecule is O=C1CCNc2cccnc2S1. The molecule has 0 saturated heterocycles. The van der Waals surface area contributed by atoms with Crippen molar-refractivity contribution in [2.75, 3.05) is 11.9 Å². The van der Waals surface area contributed by atoms with Crippen molar-refractivity contribution in [3.63, 3.8) is 0 Å². The molecule has 0 bridgehead atoms. The first-order valence-electron chi connectivity index (χ1n) is 3.76. The first-order chi connectivity index (χ1) is 5.86. The number of carbonyl (C=O) groups is 1. The molecule has 1 aromatic heterocycles. The highest BCUT2D eigenvalue weighted by molar-refractivity contribution is 8.13. The molecule has 1 aliphatic heterocycles. The molecule has 2 rings (SSSR count). The van der Waals surface area contributed by atoms with Gasteiger partial charge in [-0.15, -0.1) is 0 Å². The van der Waals surface area contributed by atoms with Crippen LogP contribution < -0.4 is 5.32 Å². The number of anilines is 1. The van der Waals surface area contributed by atoms with Gasteiger partial charge in [0.05, 0.1) is 5.69 Å². The van der Waals surface area contributed by atoms with Crippen LogP contribution in [0.4, 0.5) is 5.69 Å². The van der Waals surface area contributed by atoms with Crippen LogP contribution >= 0.6 is 11.8 Å². The highest BCUT2D eigenvalue weighted by atomic mass is 32.2. The van der Waals surface area contributed by atoms with Crippen molar-refractivity contribution < 1.29 is 4.79 Å². The van der Waals surface area contributed by atoms with E-state index in [1.807, 2.05) is 12.1 Å². The number of rotatable bonds is 0. The van der Waals surface area contributed by atoms with Gasteiger partial charge in [-0.25, -0.2) is 4.98 Å². The topological polar surface area (TPSA) is 42.0 Å². The van der Waals surface area contributed by atoms with Gasteiger partial charge in [0.2, 0.25) is 0 Å². The number of nitrogens with zero attached hydrogens (tertiary/aromatic N) is 1. The highest BCUT2D eigenvalue weighted by Crippen LogP contribution is 2.28. The summed E-state index contributed by atoms with van der Waals surface area (Å²) < 4.78 is 0. The maximum atomic E-state index is 11.1. The molecule has 0 amide bonds. The molecule has 1 aliphatic rings. The lowest BCUT2D eigenvalue weighted by atomic mass is 10.4. The zero-order valence-electron chi connectivity index (χ0n) is 6.41. The Morgan fingerprint density at radius 1 is 1.58 bits per heavy atom. The number of pyridine rings is 1. The quantitative estimate of drug-likeness (QED) is 0.657. The molecular weight excluding hydrogens is 172 g/mol. The zero-order valence-corrected chi connectivity index (χ0v) is 7.23. The summed E-state index contributed by atoms with van der Waals surface area (Å²) in [7, 11) is 0. The second-order valence-corrected chi connectivity index (χ2v) is 3.55. The van der Waals surface area contributed by atoms with Crippen LogP contribution in [-0.4, -0.2) is 16.6 Å². The molecule has 4 heteroatoms. The Kier molecular flexibility index (Phi) is 1.99. The summed E-state index contributed by atoms with van der Waals surface area (Å²) in [5.41, 5.74) is 0.966. The minimum atomic E-state index is 0.181. The van der Waals surface area contributed by atoms with Gasteiger partial charge in [-0.1, -0.05) is 0 Å². The Bertz CT molecular complexity index is 314. The second kappa shape index (κ2) is 3.15. The Hall–Kier alpha value is -1.03. The molecule has 1 aromatic rings. The third-order valence-electron chi connectivity index (χ3n) is 1.63. The van der Waals surface area contributed by atoms with Gasteiger partial charge in [-0.05, 0) is 23.9 Å². The molecule has 2 heterocycles. The lowest BCUT2D eigenvalue weighted by Gasteiger charge is -2.02. The summed E-state index contributed by atoms with van der Waals surface area (Å²) in [5, 5.41) is 4.12. The normalized spacial score (nSPS) is 16.2. The number of thioether (sulfide) groups is 1. The first kappa shape index (κ1) is 7.61. The molecule has 0 radical (unpaired) electrons. The van der Waals surface area contributed by atoms with Gasteiger partial charge >= 0.3 is 0 Å². The van der Waals surface area contributed by atoms with Crippen LogP contribution in [0.25, 0.3) is 0 Å². The number of nitrogens with one attached hydrogen (secondary N) is 1. The third kappa shape index (κ3) is 1.43. The molecule has 0 aromatic carbocycles. The summed E-state index contributed by atoms with van der Waals surface area (Å²) in [6.07, 6.45) is 2.27. The zero-order chi connectivity index (χ0) is 8.39. The average molecular weight is 180 g/mol. The fraction of sp³-hybridized carbons (Fsp3) is 0.250. The molecule has 0 unspecified atom stereocenters. The smallest absolute Gasteiger partial charge is 0.196 e. The monoisotopic (exact) mass is 180 g/mol. The molecule has 0 atom stereocenters. The van der Waals surface area contributed by atoms with Crippen molar-refractivity contribution in [2.45, 2.75) is 11.4 Å². The van der Waals surface area contributed by atoms with E-state index in [2.05, 4.69) is 10.3 Å². The molecule has 0 spiro atoms. The molecule has 12 heavy (non-hydrogen) atoms. The van der Waals surface area contributed by atoms with Crippen molar-refractivity contribution in [2.24, 2.45) is 0 Å². The molecule has 0 saturated carbocycles. The van der Waals surface area contributed by atoms with Gasteiger partial charge in [0, 0.05) is 19.2 Å². The van der Waals surface area contributed by atoms with Gasteiger partial charge in [-0.3, -0.25) is 4.79 Å². The van der Waals surface area contributed by atoms with Gasteiger partial charge in [0.1, 0.15) is 5.03 Å². The van der Waals surface area contributed by atoms with E-state index in [0.29, 0.717) is 13.0 Å². The molecule has 1 N–H and O–H groups in total. The molecule has 0 fully saturated rings. The van der Waals surface area contributed by atoms with E-state index in [0.717, 1.165) is 10.7 Å². The maximum absolute atomic E-state index is 11.1. The van der Waals surface area contributed by atoms with Crippen molar-refractivity contribution in [3.8, 4) is 0 Å². The number of carbonyl (C=O) groups excluding carboxylic acids is 1. The largest absolute Gasteiger partial charge is 0.382 e. The van der Waals surface area contributed by atoms with Crippen LogP contribution in [0.15, 0.2) is 23.4 Å². The lowest BCUT2D eigenvalue weighted by Crippen LogP contribution is -2.01. The van der Waals surface area contributed by atoms with Crippen molar-refractivity contribution in [1.29, 1.82) is 0 Å². The number of hydrogen-bond donors (Lipinski definition) is 1. The van der Waals surface area contributed by atoms with Crippen molar-refractivity contribution in [3.05, 3.63) is 18.3 Å². The number of hydrogen-bond acceptors (Lipinski definition) is 4. The fourth-order valence-electron chi connectivity index (χ4n) is 1.06. The summed E-state index contributed by atoms with van der Waals surface area (Å²) in [6, 6.07) is 3.80. The Balaban J connectivity index is 2.37. The van der Waals surface area contributed by atoms with E-state index in [4.69, 9.17) is 0 Å². The van der Waals surface area contributed by atoms with E-state index in [9.17, 15) is 4.79 Å². The van der Waals surface area contributed by atoms with E-state index < -0.39 is 0 Å². The minimum Gasteiger partial charge on any atom is -0.382 e. The van der Waals surface area contributed by atoms with Gasteiger partial charge < -0.3 is 5.32 Å². The van der Waals surface area contributed by atoms with Crippen LogP contribution in [0.1, 0.15) is 6.42 Å². The first-order valence-corrected chi connectivity index (χ1v) is 4.57. The van der Waals surface area contributed by atoms with E-state index >= 15 is 0 Å². The number of aromatic nitrogens is 1. The van der Waals surface area contributed by atoms with Crippen molar-refractivity contribution in [1.82, 2.24) is 4.98 Å². The predicted molar refractivity (Wildman–Crippen MR) is 48.2 cm³/mol. The Morgan fingerprint density at radius 3 is 3.42 bits per heavy atom. The molecule has 62 valence electrons. The lowest BCUT2D eigenvalue weighted by molar-refractivity contribution is -0.110. The van der Waals surface area contributed by atoms with Crippen LogP contribution in [0.3, 0.4) is 0 Å². The summed E-state index contributed by atoms with van der Waals surface area (Å²) in [4.78, 5) is 15.2. The van der Waals surface area contributed by atoms with Gasteiger partial charge in [0.25, 0.3) is 0 Å². The standard InChI is InChI=1S/C8H8N2OS/c11-7-3-5-9-6-2-1-4-10-8(6)12-7/h1-2,4,9H,3,5H2. The third-order valence-corrected chi connectivity index (χ3v) is 2.58. The summed E-state index contributed by atoms with van der Waals surface area (Å²) in [5.74, 6) is 0. The van der Waals surface area contributed by atoms with Crippen LogP contribution in [0, 0.1) is 0 Å². The van der Waals surface area contributed by atoms with E-state index in [1.165, 1.54) is 11.8 Å². The maximum Gasteiger partial charge on any atom is 0.196 e. The predicted octanol–water partition coefficient (Wildman–Crippen LogP) is 1.52. The molecule has 3 nitrogen and oxygen atoms in total. The minimum absolute atomic E-state index is 0.181. The van der Waals surface area contributed by atoms with E-state index in [1.54, 1.807) is 6.20 Å². The second-order valence-electron chi connectivity index (χ2n) is 2.51. The Morgan fingerprint density at radius 2 is 2.50 bits per heavy atom. The number of fused-ring (bicyclic) bond motifs is 1. The molecular formula is C8H8N2OS. The van der Waals surface area contributed by atoms with Crippen LogP contribution in [0.2, 0.25) is 0 Å². The van der Waals surface area contributed by atoms with Crippen molar-refractivity contribution >= 4 is 22.6 Å². The van der Waals surface area contributed by atoms with Crippen LogP contribution in [-0.2, 0) is 4.79 Å². The highest BCUT2D eigenvalue weighted by Gasteiger charge is 2.13. The average Bonchev–Trinajstić information content (AvgIpc) is 2.25. The van der Waals surface area contributed by atoms with Gasteiger partial charge in [-0.2, -0.15) is 0 Å². The summed E-state index contributed by atoms with van der Waals surface area (Å²) in [6.45, 7) is 0.713. The van der Waals surface area contributed by atoms with Gasteiger partial charge in [0.15, 0.2) is 5.12 Å².